The summed E-state index contributed by atoms with van der Waals surface area (Å²) in [6.07, 6.45) is 20.2. The molecule has 3 aromatic heterocycles. The maximum atomic E-state index is 5.01. The van der Waals surface area contributed by atoms with Crippen LogP contribution in [0.25, 0.3) is 27.5 Å². The Morgan fingerprint density at radius 3 is 1.00 bits per heavy atom. The molecule has 0 unspecified atom stereocenters. The minimum atomic E-state index is 0. The van der Waals surface area contributed by atoms with Crippen molar-refractivity contribution in [2.24, 2.45) is 0 Å². The van der Waals surface area contributed by atoms with Gasteiger partial charge >= 0.3 is 0 Å². The van der Waals surface area contributed by atoms with Gasteiger partial charge in [0.05, 0.1) is 0 Å². The van der Waals surface area contributed by atoms with Crippen LogP contribution in [0.5, 0.6) is 0 Å². The van der Waals surface area contributed by atoms with Gasteiger partial charge in [-0.3, -0.25) is 9.97 Å². The number of rotatable bonds is 10. The van der Waals surface area contributed by atoms with E-state index in [9.17, 15) is 0 Å². The first kappa shape index (κ1) is 48.3. The third-order valence-electron chi connectivity index (χ3n) is 12.8. The first-order chi connectivity index (χ1) is 34.1. The van der Waals surface area contributed by atoms with Crippen LogP contribution in [0.15, 0.2) is 159 Å². The van der Waals surface area contributed by atoms with Crippen LogP contribution in [0.2, 0.25) is 0 Å². The molecule has 0 atom stereocenters. The van der Waals surface area contributed by atoms with Gasteiger partial charge in [-0.25, -0.2) is 27.8 Å². The molecule has 7 heterocycles. The van der Waals surface area contributed by atoms with Gasteiger partial charge in [-0.15, -0.1) is 37.7 Å². The summed E-state index contributed by atoms with van der Waals surface area (Å²) in [4.78, 5) is 28.8. The van der Waals surface area contributed by atoms with E-state index in [1.54, 1.807) is 0 Å². The molecule has 12 rings (SSSR count). The van der Waals surface area contributed by atoms with E-state index in [-0.39, 0.29) is 40.8 Å². The van der Waals surface area contributed by atoms with Crippen molar-refractivity contribution in [1.82, 2.24) is 14.5 Å². The van der Waals surface area contributed by atoms with Crippen molar-refractivity contribution < 1.29 is 40.8 Å². The van der Waals surface area contributed by atoms with E-state index in [0.717, 1.165) is 61.6 Å². The second-order valence-electron chi connectivity index (χ2n) is 18.1. The van der Waals surface area contributed by atoms with Gasteiger partial charge in [0.15, 0.2) is 0 Å². The van der Waals surface area contributed by atoms with Gasteiger partial charge < -0.3 is 60.8 Å². The summed E-state index contributed by atoms with van der Waals surface area (Å²) < 4.78 is 2.15. The van der Waals surface area contributed by atoms with Crippen LogP contribution in [-0.4, -0.2) is 28.6 Å². The molecule has 4 aliphatic rings. The molecule has 5 aromatic carbocycles. The van der Waals surface area contributed by atoms with E-state index in [4.69, 9.17) is 9.97 Å². The Morgan fingerprint density at radius 1 is 0.389 bits per heavy atom. The standard InChI is InChI=1S/C58H48N12.2Pd/c1-41-7-15-45(16-8-41)62-23-27-66(37-62)54-31-49(32-55(58(54)61(5)6)67-28-24-63(38-67)46-17-9-42(2)10-18-46)70-52-33-56(68-29-25-64(39-68)47-19-11-43(3)12-20-47)59-35-50(52)51-36-60-57(34-53(51)70)69-30-26-65(40-69)48-21-13-44(4)14-22-48;;/h7-30,35-40H,1-6H3;;/q-8;;. The molecule has 8 aromatic rings. The third kappa shape index (κ3) is 9.01. The summed E-state index contributed by atoms with van der Waals surface area (Å²) in [5.74, 6) is 1.25. The maximum Gasteiger partial charge on any atom is 0.0124 e. The number of hydrogen-bond acceptors (Lipinski definition) is 11. The Bertz CT molecular complexity index is 3180. The van der Waals surface area contributed by atoms with Crippen LogP contribution in [-0.2, 0) is 40.8 Å². The van der Waals surface area contributed by atoms with Gasteiger partial charge in [-0.05, 0) is 140 Å². The normalized spacial score (nSPS) is 15.0. The van der Waals surface area contributed by atoms with E-state index in [1.165, 1.54) is 22.3 Å². The molecule has 0 saturated carbocycles. The Kier molecular flexibility index (Phi) is 13.2. The summed E-state index contributed by atoms with van der Waals surface area (Å²) in [7, 11) is 4.13. The van der Waals surface area contributed by atoms with Crippen molar-refractivity contribution in [2.45, 2.75) is 27.7 Å². The molecule has 368 valence electrons. The Balaban J connectivity index is 0.00000298. The average Bonchev–Trinajstić information content (AvgIpc) is 4.25. The SMILES string of the molecule is Cc1ccc(N2C=CN(c3[c-]c4c(cn3)c3cnc(N5C=CN(c6ccc(C)cc6)[CH-]5)[c-]c3n4-c3[c-]c(N4C=CN(c5ccc(C)cc5)[CH-]4)c(N(C)C)c(N4C=CN(c5ccc(C)cc5)[CH-]4)[c-]3)[CH-]2)cc1.[Pd].[Pd]. The number of hydrogen-bond donors (Lipinski definition) is 0. The predicted octanol–water partition coefficient (Wildman–Crippen LogP) is 11.7. The van der Waals surface area contributed by atoms with Gasteiger partial charge in [0, 0.05) is 75.2 Å². The second kappa shape index (κ2) is 19.7. The van der Waals surface area contributed by atoms with Crippen molar-refractivity contribution in [3.63, 3.8) is 0 Å². The third-order valence-corrected chi connectivity index (χ3v) is 12.8. The van der Waals surface area contributed by atoms with Gasteiger partial charge in [0.2, 0.25) is 0 Å². The van der Waals surface area contributed by atoms with Crippen LogP contribution >= 0.6 is 0 Å². The fourth-order valence-electron chi connectivity index (χ4n) is 8.94. The largest absolute Gasteiger partial charge is 0.518 e. The van der Waals surface area contributed by atoms with Crippen molar-refractivity contribution >= 4 is 73.3 Å². The fraction of sp³-hybridized carbons (Fsp3) is 0.103. The Morgan fingerprint density at radius 2 is 0.681 bits per heavy atom. The fourth-order valence-corrected chi connectivity index (χ4v) is 8.94. The van der Waals surface area contributed by atoms with Gasteiger partial charge in [-0.1, -0.05) is 83.2 Å². The molecule has 72 heavy (non-hydrogen) atoms. The number of nitrogens with zero attached hydrogens (tertiary/aromatic N) is 12. The molecule has 0 aliphatic carbocycles. The van der Waals surface area contributed by atoms with Crippen LogP contribution in [0, 0.1) is 78.6 Å². The van der Waals surface area contributed by atoms with E-state index >= 15 is 0 Å². The summed E-state index contributed by atoms with van der Waals surface area (Å²) >= 11 is 0. The van der Waals surface area contributed by atoms with Crippen LogP contribution in [0.4, 0.5) is 51.4 Å². The first-order valence-corrected chi connectivity index (χ1v) is 23.1. The van der Waals surface area contributed by atoms with E-state index in [1.807, 2.05) is 60.3 Å². The van der Waals surface area contributed by atoms with Crippen LogP contribution in [0.1, 0.15) is 22.3 Å². The Labute approximate surface area is 449 Å². The molecule has 0 radical (unpaired) electrons. The molecule has 0 bridgehead atoms. The van der Waals surface area contributed by atoms with Crippen molar-refractivity contribution in [2.75, 3.05) is 58.2 Å². The molecule has 0 spiro atoms. The number of anilines is 9. The summed E-state index contributed by atoms with van der Waals surface area (Å²) in [5.41, 5.74) is 13.8. The monoisotopic (exact) mass is 1120 g/mol. The first-order valence-electron chi connectivity index (χ1n) is 23.1. The minimum absolute atomic E-state index is 0. The summed E-state index contributed by atoms with van der Waals surface area (Å²) in [6, 6.07) is 49.3. The molecule has 0 fully saturated rings. The van der Waals surface area contributed by atoms with Gasteiger partial charge in [-0.2, -0.15) is 17.8 Å². The molecular weight excluding hydrogens is 1080 g/mol. The van der Waals surface area contributed by atoms with E-state index in [2.05, 4.69) is 240 Å². The zero-order valence-electron chi connectivity index (χ0n) is 40.3. The molecule has 4 aliphatic heterocycles. The topological polar surface area (TPSA) is 59.9 Å². The van der Waals surface area contributed by atoms with Crippen molar-refractivity contribution in [3.8, 4) is 5.69 Å². The van der Waals surface area contributed by atoms with Gasteiger partial charge in [0.1, 0.15) is 0 Å². The number of benzene rings is 5. The molecule has 12 nitrogen and oxygen atoms in total. The van der Waals surface area contributed by atoms with Crippen molar-refractivity contribution in [1.29, 1.82) is 0 Å². The average molecular weight is 1130 g/mol. The molecule has 0 N–H and O–H groups in total. The van der Waals surface area contributed by atoms with Crippen LogP contribution < -0.4 is 44.1 Å². The molecule has 0 saturated heterocycles. The summed E-state index contributed by atoms with van der Waals surface area (Å²) in [5, 5.41) is 1.74. The van der Waals surface area contributed by atoms with Crippen LogP contribution in [0.3, 0.4) is 0 Å². The zero-order valence-corrected chi connectivity index (χ0v) is 43.4. The Hall–Kier alpha value is -7.32. The van der Waals surface area contributed by atoms with E-state index in [0.29, 0.717) is 17.3 Å². The second-order valence-corrected chi connectivity index (χ2v) is 18.1. The maximum absolute atomic E-state index is 5.01. The smallest absolute Gasteiger partial charge is 0.0124 e. The summed E-state index contributed by atoms with van der Waals surface area (Å²) in [6.45, 7) is 16.6. The van der Waals surface area contributed by atoms with E-state index < -0.39 is 0 Å². The quantitative estimate of drug-likeness (QED) is 0.0972. The predicted molar refractivity (Wildman–Crippen MR) is 284 cm³/mol. The minimum Gasteiger partial charge on any atom is -0.518 e. The number of aryl methyl sites for hydroxylation is 4. The van der Waals surface area contributed by atoms with Gasteiger partial charge in [0.25, 0.3) is 0 Å². The molecule has 14 heteroatoms. The molecular formula is C58H48N12Pd2-8. The number of fused-ring (bicyclic) bond motifs is 3. The zero-order chi connectivity index (χ0) is 47.6. The number of pyridine rings is 2. The number of aromatic nitrogens is 3. The molecule has 0 amide bonds. The van der Waals surface area contributed by atoms with Crippen molar-refractivity contribution in [3.05, 3.63) is 232 Å².